The Bertz CT molecular complexity index is 824. The van der Waals surface area contributed by atoms with Crippen LogP contribution in [0.4, 0.5) is 5.82 Å². The van der Waals surface area contributed by atoms with Crippen LogP contribution >= 0.6 is 0 Å². The summed E-state index contributed by atoms with van der Waals surface area (Å²) in [5, 5.41) is 11.6. The summed E-state index contributed by atoms with van der Waals surface area (Å²) >= 11 is 0. The molecule has 0 aliphatic heterocycles. The zero-order valence-electron chi connectivity index (χ0n) is 14.0. The van der Waals surface area contributed by atoms with Crippen molar-refractivity contribution in [3.05, 3.63) is 42.6 Å². The molecule has 2 N–H and O–H groups in total. The molecule has 0 radical (unpaired) electrons. The van der Waals surface area contributed by atoms with E-state index >= 15 is 0 Å². The maximum Gasteiger partial charge on any atom is 0.180 e. The molecule has 2 aromatic heterocycles. The molecule has 0 aliphatic rings. The van der Waals surface area contributed by atoms with Gasteiger partial charge >= 0.3 is 0 Å². The normalized spacial score (nSPS) is 10.8. The van der Waals surface area contributed by atoms with Crippen molar-refractivity contribution in [2.24, 2.45) is 0 Å². The second kappa shape index (κ2) is 8.36. The first-order valence-corrected chi connectivity index (χ1v) is 8.03. The number of benzene rings is 1. The van der Waals surface area contributed by atoms with Crippen LogP contribution in [0.5, 0.6) is 5.75 Å². The van der Waals surface area contributed by atoms with Gasteiger partial charge in [-0.25, -0.2) is 9.97 Å². The van der Waals surface area contributed by atoms with E-state index in [0.717, 1.165) is 28.3 Å². The van der Waals surface area contributed by atoms with Crippen molar-refractivity contribution >= 4 is 17.0 Å². The minimum Gasteiger partial charge on any atom is -0.491 e. The average Bonchev–Trinajstić information content (AvgIpc) is 2.67. The van der Waals surface area contributed by atoms with Crippen LogP contribution in [0.3, 0.4) is 0 Å². The lowest BCUT2D eigenvalue weighted by molar-refractivity contribution is 0.0705. The van der Waals surface area contributed by atoms with Crippen LogP contribution in [0.15, 0.2) is 42.6 Å². The number of rotatable bonds is 8. The number of aliphatic hydroxyl groups excluding tert-OH is 1. The van der Waals surface area contributed by atoms with Crippen LogP contribution in [-0.2, 0) is 4.74 Å². The lowest BCUT2D eigenvalue weighted by Crippen LogP contribution is -2.09. The Morgan fingerprint density at radius 2 is 1.84 bits per heavy atom. The second-order valence-electron chi connectivity index (χ2n) is 5.25. The van der Waals surface area contributed by atoms with Crippen molar-refractivity contribution < 1.29 is 14.6 Å². The van der Waals surface area contributed by atoms with E-state index < -0.39 is 0 Å². The quantitative estimate of drug-likeness (QED) is 0.607. The fourth-order valence-corrected chi connectivity index (χ4v) is 2.28. The van der Waals surface area contributed by atoms with Gasteiger partial charge in [0, 0.05) is 12.6 Å². The van der Waals surface area contributed by atoms with Crippen LogP contribution in [0.25, 0.3) is 22.4 Å². The minimum absolute atomic E-state index is 0.0200. The van der Waals surface area contributed by atoms with Crippen molar-refractivity contribution in [2.75, 3.05) is 38.8 Å². The van der Waals surface area contributed by atoms with Crippen molar-refractivity contribution in [1.29, 1.82) is 0 Å². The highest BCUT2D eigenvalue weighted by Crippen LogP contribution is 2.22. The predicted octanol–water partition coefficient (Wildman–Crippen LogP) is 2.12. The topological polar surface area (TPSA) is 89.4 Å². The first-order chi connectivity index (χ1) is 12.3. The molecule has 0 aliphatic carbocycles. The standard InChI is InChI=1S/C18H20N4O3/c1-19-17-7-6-15-18(22-17)21-16(12-20-15)13-2-4-14(5-3-13)25-11-10-24-9-8-23/h2-7,12,23H,8-11H2,1H3,(H,19,21,22). The van der Waals surface area contributed by atoms with E-state index in [1.807, 2.05) is 43.4 Å². The Hall–Kier alpha value is -2.77. The third-order valence-corrected chi connectivity index (χ3v) is 3.55. The zero-order valence-corrected chi connectivity index (χ0v) is 14.0. The van der Waals surface area contributed by atoms with Gasteiger partial charge in [-0.05, 0) is 36.4 Å². The van der Waals surface area contributed by atoms with Crippen molar-refractivity contribution in [3.63, 3.8) is 0 Å². The number of aromatic nitrogens is 3. The number of hydrogen-bond donors (Lipinski definition) is 2. The Morgan fingerprint density at radius 3 is 2.60 bits per heavy atom. The fraction of sp³-hybridized carbons (Fsp3) is 0.278. The first kappa shape index (κ1) is 17.1. The average molecular weight is 340 g/mol. The van der Waals surface area contributed by atoms with E-state index in [1.165, 1.54) is 0 Å². The Labute approximate surface area is 145 Å². The van der Waals surface area contributed by atoms with Crippen molar-refractivity contribution in [2.45, 2.75) is 0 Å². The van der Waals surface area contributed by atoms with Gasteiger partial charge in [-0.15, -0.1) is 0 Å². The molecule has 7 nitrogen and oxygen atoms in total. The first-order valence-electron chi connectivity index (χ1n) is 8.03. The van der Waals surface area contributed by atoms with Gasteiger partial charge in [-0.2, -0.15) is 0 Å². The van der Waals surface area contributed by atoms with Crippen LogP contribution in [0.2, 0.25) is 0 Å². The molecule has 7 heteroatoms. The molecule has 2 heterocycles. The van der Waals surface area contributed by atoms with Crippen LogP contribution in [-0.4, -0.2) is 53.5 Å². The SMILES string of the molecule is CNc1ccc2ncc(-c3ccc(OCCOCCO)cc3)nc2n1. The molecule has 0 atom stereocenters. The summed E-state index contributed by atoms with van der Waals surface area (Å²) in [5.74, 6) is 1.51. The van der Waals surface area contributed by atoms with E-state index in [1.54, 1.807) is 6.20 Å². The van der Waals surface area contributed by atoms with Gasteiger partial charge in [0.1, 0.15) is 23.7 Å². The second-order valence-corrected chi connectivity index (χ2v) is 5.25. The van der Waals surface area contributed by atoms with E-state index in [0.29, 0.717) is 25.5 Å². The van der Waals surface area contributed by atoms with Crippen LogP contribution < -0.4 is 10.1 Å². The maximum atomic E-state index is 8.63. The third-order valence-electron chi connectivity index (χ3n) is 3.55. The molecule has 3 rings (SSSR count). The Morgan fingerprint density at radius 1 is 1.00 bits per heavy atom. The lowest BCUT2D eigenvalue weighted by Gasteiger charge is -2.08. The monoisotopic (exact) mass is 340 g/mol. The molecule has 0 unspecified atom stereocenters. The van der Waals surface area contributed by atoms with E-state index in [9.17, 15) is 0 Å². The summed E-state index contributed by atoms with van der Waals surface area (Å²) in [4.78, 5) is 13.4. The number of anilines is 1. The Kier molecular flexibility index (Phi) is 5.71. The molecular weight excluding hydrogens is 320 g/mol. The number of nitrogens with one attached hydrogen (secondary N) is 1. The molecule has 0 fully saturated rings. The van der Waals surface area contributed by atoms with Crippen molar-refractivity contribution in [3.8, 4) is 17.0 Å². The highest BCUT2D eigenvalue weighted by molar-refractivity contribution is 5.75. The molecule has 1 aromatic carbocycles. The van der Waals surface area contributed by atoms with Crippen LogP contribution in [0.1, 0.15) is 0 Å². The number of nitrogens with zero attached hydrogens (tertiary/aromatic N) is 3. The van der Waals surface area contributed by atoms with Crippen molar-refractivity contribution in [1.82, 2.24) is 15.0 Å². The minimum atomic E-state index is 0.0200. The molecule has 130 valence electrons. The highest BCUT2D eigenvalue weighted by atomic mass is 16.5. The fourth-order valence-electron chi connectivity index (χ4n) is 2.28. The Balaban J connectivity index is 1.70. The van der Waals surface area contributed by atoms with Gasteiger partial charge in [0.15, 0.2) is 5.65 Å². The molecule has 0 amide bonds. The molecule has 3 aromatic rings. The van der Waals surface area contributed by atoms with Crippen LogP contribution in [0, 0.1) is 0 Å². The number of ether oxygens (including phenoxy) is 2. The van der Waals surface area contributed by atoms with Gasteiger partial charge in [0.2, 0.25) is 0 Å². The lowest BCUT2D eigenvalue weighted by atomic mass is 10.1. The summed E-state index contributed by atoms with van der Waals surface area (Å²) in [6.45, 7) is 1.22. The highest BCUT2D eigenvalue weighted by Gasteiger charge is 2.05. The number of pyridine rings is 1. The summed E-state index contributed by atoms with van der Waals surface area (Å²) in [6, 6.07) is 11.4. The number of hydrogen-bond acceptors (Lipinski definition) is 7. The number of fused-ring (bicyclic) bond motifs is 1. The molecule has 25 heavy (non-hydrogen) atoms. The molecule has 0 spiro atoms. The predicted molar refractivity (Wildman–Crippen MR) is 95.7 cm³/mol. The summed E-state index contributed by atoms with van der Waals surface area (Å²) in [6.07, 6.45) is 1.74. The summed E-state index contributed by atoms with van der Waals surface area (Å²) < 4.78 is 10.7. The number of aliphatic hydroxyl groups is 1. The maximum absolute atomic E-state index is 8.63. The van der Waals surface area contributed by atoms with Gasteiger partial charge in [0.25, 0.3) is 0 Å². The van der Waals surface area contributed by atoms with Gasteiger partial charge in [0.05, 0.1) is 31.7 Å². The third kappa shape index (κ3) is 4.40. The molecule has 0 saturated carbocycles. The summed E-state index contributed by atoms with van der Waals surface area (Å²) in [5.41, 5.74) is 3.05. The molecular formula is C18H20N4O3. The van der Waals surface area contributed by atoms with Gasteiger partial charge in [-0.1, -0.05) is 0 Å². The van der Waals surface area contributed by atoms with Gasteiger partial charge in [-0.3, -0.25) is 4.98 Å². The van der Waals surface area contributed by atoms with E-state index in [2.05, 4.69) is 20.3 Å². The zero-order chi connectivity index (χ0) is 17.5. The molecule has 0 saturated heterocycles. The largest absolute Gasteiger partial charge is 0.491 e. The summed E-state index contributed by atoms with van der Waals surface area (Å²) in [7, 11) is 1.82. The van der Waals surface area contributed by atoms with E-state index in [-0.39, 0.29) is 6.61 Å². The smallest absolute Gasteiger partial charge is 0.180 e. The van der Waals surface area contributed by atoms with E-state index in [4.69, 9.17) is 14.6 Å². The molecule has 0 bridgehead atoms. The van der Waals surface area contributed by atoms with Gasteiger partial charge < -0.3 is 19.9 Å².